The molecule has 0 aliphatic heterocycles. The van der Waals surface area contributed by atoms with Crippen molar-refractivity contribution in [1.82, 2.24) is 0 Å². The summed E-state index contributed by atoms with van der Waals surface area (Å²) in [6.07, 6.45) is 0. The van der Waals surface area contributed by atoms with Crippen molar-refractivity contribution in [1.29, 1.82) is 0 Å². The Morgan fingerprint density at radius 2 is 1.33 bits per heavy atom. The van der Waals surface area contributed by atoms with Crippen LogP contribution in [-0.4, -0.2) is 10.7 Å². The zero-order chi connectivity index (χ0) is 9.61. The van der Waals surface area contributed by atoms with E-state index in [2.05, 4.69) is 19.1 Å². The van der Waals surface area contributed by atoms with Gasteiger partial charge in [0, 0.05) is 0 Å². The van der Waals surface area contributed by atoms with Gasteiger partial charge in [0.1, 0.15) is 0 Å². The first-order valence-corrected chi connectivity index (χ1v) is 4.13. The van der Waals surface area contributed by atoms with Crippen LogP contribution in [0, 0.1) is 6.92 Å². The fraction of sp³-hybridized carbons (Fsp3) is 0.455. The molecule has 0 radical (unpaired) electrons. The van der Waals surface area contributed by atoms with E-state index >= 15 is 0 Å². The number of hydrogen-bond acceptors (Lipinski definition) is 1. The Morgan fingerprint density at radius 3 is 1.50 bits per heavy atom. The molecule has 0 saturated carbocycles. The van der Waals surface area contributed by atoms with E-state index in [0.29, 0.717) is 0 Å². The fourth-order valence-corrected chi connectivity index (χ4v) is 0.534. The maximum absolute atomic E-state index is 8.52. The predicted octanol–water partition coefficient (Wildman–Crippen LogP) is 2.77. The molecule has 0 fully saturated rings. The van der Waals surface area contributed by atoms with E-state index in [4.69, 9.17) is 5.11 Å². The zero-order valence-corrected chi connectivity index (χ0v) is 8.33. The summed E-state index contributed by atoms with van der Waals surface area (Å²) in [6, 6.07) is 10.3. The van der Waals surface area contributed by atoms with Crippen molar-refractivity contribution in [2.75, 3.05) is 0 Å². The first-order valence-electron chi connectivity index (χ1n) is 4.13. The van der Waals surface area contributed by atoms with Gasteiger partial charge in [-0.15, -0.1) is 0 Å². The standard InChI is InChI=1S/C7H8.C4H10O/c1-7-5-3-2-4-6-7;1-4(2,3)5/h2-6H,1H3;5H,1-3H3. The summed E-state index contributed by atoms with van der Waals surface area (Å²) >= 11 is 0. The molecule has 68 valence electrons. The Labute approximate surface area is 75.1 Å². The fourth-order valence-electron chi connectivity index (χ4n) is 0.534. The van der Waals surface area contributed by atoms with Crippen LogP contribution in [0.2, 0.25) is 0 Å². The topological polar surface area (TPSA) is 20.2 Å². The highest BCUT2D eigenvalue weighted by molar-refractivity contribution is 5.11. The van der Waals surface area contributed by atoms with Gasteiger partial charge in [-0.2, -0.15) is 0 Å². The van der Waals surface area contributed by atoms with Crippen LogP contribution < -0.4 is 0 Å². The lowest BCUT2D eigenvalue weighted by molar-refractivity contribution is 0.102. The predicted molar refractivity (Wildman–Crippen MR) is 53.2 cm³/mol. The summed E-state index contributed by atoms with van der Waals surface area (Å²) in [6.45, 7) is 7.31. The summed E-state index contributed by atoms with van der Waals surface area (Å²) in [5, 5.41) is 8.52. The van der Waals surface area contributed by atoms with Crippen molar-refractivity contribution in [3.8, 4) is 0 Å². The molecule has 0 aliphatic carbocycles. The van der Waals surface area contributed by atoms with Crippen molar-refractivity contribution in [2.24, 2.45) is 0 Å². The van der Waals surface area contributed by atoms with Gasteiger partial charge in [-0.05, 0) is 27.7 Å². The Balaban J connectivity index is 0.000000217. The summed E-state index contributed by atoms with van der Waals surface area (Å²) < 4.78 is 0. The minimum absolute atomic E-state index is 0.500. The first-order chi connectivity index (χ1) is 5.39. The lowest BCUT2D eigenvalue weighted by atomic mass is 10.2. The first kappa shape index (κ1) is 11.2. The molecule has 0 atom stereocenters. The molecule has 1 N–H and O–H groups in total. The van der Waals surface area contributed by atoms with Crippen LogP contribution in [0.5, 0.6) is 0 Å². The summed E-state index contributed by atoms with van der Waals surface area (Å²) in [4.78, 5) is 0. The molecule has 0 unspecified atom stereocenters. The van der Waals surface area contributed by atoms with Gasteiger partial charge in [-0.25, -0.2) is 0 Å². The third kappa shape index (κ3) is 11.9. The number of hydrogen-bond donors (Lipinski definition) is 1. The van der Waals surface area contributed by atoms with E-state index in [0.717, 1.165) is 0 Å². The molecule has 0 aliphatic rings. The monoisotopic (exact) mass is 166 g/mol. The van der Waals surface area contributed by atoms with Gasteiger partial charge in [-0.1, -0.05) is 35.9 Å². The number of aryl methyl sites for hydroxylation is 1. The molecule has 12 heavy (non-hydrogen) atoms. The largest absolute Gasteiger partial charge is 0.391 e. The molecule has 0 bridgehead atoms. The van der Waals surface area contributed by atoms with Crippen molar-refractivity contribution in [3.63, 3.8) is 0 Å². The molecular weight excluding hydrogens is 148 g/mol. The second-order valence-electron chi connectivity index (χ2n) is 3.83. The summed E-state index contributed by atoms with van der Waals surface area (Å²) in [7, 11) is 0. The van der Waals surface area contributed by atoms with Crippen LogP contribution in [0.1, 0.15) is 26.3 Å². The Morgan fingerprint density at radius 1 is 1.00 bits per heavy atom. The second-order valence-corrected chi connectivity index (χ2v) is 3.83. The zero-order valence-electron chi connectivity index (χ0n) is 8.33. The Kier molecular flexibility index (Phi) is 4.60. The number of rotatable bonds is 0. The molecule has 1 aromatic carbocycles. The van der Waals surface area contributed by atoms with Gasteiger partial charge in [0.15, 0.2) is 0 Å². The van der Waals surface area contributed by atoms with E-state index in [1.165, 1.54) is 5.56 Å². The minimum atomic E-state index is -0.500. The van der Waals surface area contributed by atoms with Gasteiger partial charge in [0.2, 0.25) is 0 Å². The molecule has 0 saturated heterocycles. The van der Waals surface area contributed by atoms with Crippen LogP contribution in [-0.2, 0) is 0 Å². The highest BCUT2D eigenvalue weighted by Gasteiger charge is 1.97. The molecule has 0 heterocycles. The molecule has 0 spiro atoms. The SMILES string of the molecule is CC(C)(C)O.Cc1ccccc1. The van der Waals surface area contributed by atoms with E-state index in [1.54, 1.807) is 20.8 Å². The highest BCUT2D eigenvalue weighted by Crippen LogP contribution is 1.93. The van der Waals surface area contributed by atoms with E-state index in [-0.39, 0.29) is 0 Å². The van der Waals surface area contributed by atoms with Crippen LogP contribution >= 0.6 is 0 Å². The Hall–Kier alpha value is -0.820. The minimum Gasteiger partial charge on any atom is -0.391 e. The third-order valence-electron chi connectivity index (χ3n) is 0.940. The quantitative estimate of drug-likeness (QED) is 0.628. The maximum Gasteiger partial charge on any atom is 0.0563 e. The summed E-state index contributed by atoms with van der Waals surface area (Å²) in [5.41, 5.74) is 0.822. The lowest BCUT2D eigenvalue weighted by Crippen LogP contribution is -2.10. The summed E-state index contributed by atoms with van der Waals surface area (Å²) in [5.74, 6) is 0. The number of aliphatic hydroxyl groups is 1. The second kappa shape index (κ2) is 4.94. The van der Waals surface area contributed by atoms with Crippen molar-refractivity contribution >= 4 is 0 Å². The van der Waals surface area contributed by atoms with Crippen molar-refractivity contribution in [2.45, 2.75) is 33.3 Å². The maximum atomic E-state index is 8.52. The van der Waals surface area contributed by atoms with E-state index in [1.807, 2.05) is 18.2 Å². The van der Waals surface area contributed by atoms with E-state index < -0.39 is 5.60 Å². The van der Waals surface area contributed by atoms with Gasteiger partial charge >= 0.3 is 0 Å². The Bertz CT molecular complexity index is 190. The van der Waals surface area contributed by atoms with Crippen molar-refractivity contribution in [3.05, 3.63) is 35.9 Å². The normalized spacial score (nSPS) is 10.1. The molecule has 1 aromatic rings. The smallest absolute Gasteiger partial charge is 0.0563 e. The van der Waals surface area contributed by atoms with E-state index in [9.17, 15) is 0 Å². The highest BCUT2D eigenvalue weighted by atomic mass is 16.3. The van der Waals surface area contributed by atoms with Crippen LogP contribution in [0.4, 0.5) is 0 Å². The molecular formula is C11H18O. The lowest BCUT2D eigenvalue weighted by Gasteiger charge is -2.04. The average molecular weight is 166 g/mol. The van der Waals surface area contributed by atoms with Crippen molar-refractivity contribution < 1.29 is 5.11 Å². The van der Waals surface area contributed by atoms with Crippen LogP contribution in [0.25, 0.3) is 0 Å². The van der Waals surface area contributed by atoms with Gasteiger partial charge in [0.25, 0.3) is 0 Å². The van der Waals surface area contributed by atoms with Crippen LogP contribution in [0.15, 0.2) is 30.3 Å². The molecule has 1 rings (SSSR count). The van der Waals surface area contributed by atoms with Gasteiger partial charge in [0.05, 0.1) is 5.60 Å². The third-order valence-corrected chi connectivity index (χ3v) is 0.940. The molecule has 0 aromatic heterocycles. The molecule has 1 heteroatoms. The van der Waals surface area contributed by atoms with Gasteiger partial charge < -0.3 is 5.11 Å². The van der Waals surface area contributed by atoms with Crippen LogP contribution in [0.3, 0.4) is 0 Å². The average Bonchev–Trinajstić information content (AvgIpc) is 1.85. The molecule has 0 amide bonds. The molecule has 1 nitrogen and oxygen atoms in total. The van der Waals surface area contributed by atoms with Gasteiger partial charge in [-0.3, -0.25) is 0 Å². The number of benzene rings is 1.